The first-order chi connectivity index (χ1) is 14.4. The number of imidazole rings is 1. The summed E-state index contributed by atoms with van der Waals surface area (Å²) in [5, 5.41) is 2.92. The molecule has 0 bridgehead atoms. The van der Waals surface area contributed by atoms with Crippen LogP contribution in [-0.2, 0) is 16.1 Å². The summed E-state index contributed by atoms with van der Waals surface area (Å²) in [7, 11) is 0. The number of hydrogen-bond acceptors (Lipinski definition) is 5. The first-order valence-corrected chi connectivity index (χ1v) is 10.9. The zero-order valence-corrected chi connectivity index (χ0v) is 18.4. The van der Waals surface area contributed by atoms with E-state index in [0.717, 1.165) is 24.7 Å². The highest BCUT2D eigenvalue weighted by Gasteiger charge is 2.41. The van der Waals surface area contributed by atoms with Crippen LogP contribution in [0, 0.1) is 11.7 Å². The summed E-state index contributed by atoms with van der Waals surface area (Å²) in [6.45, 7) is 5.00. The smallest absolute Gasteiger partial charge is 0.266 e. The lowest BCUT2D eigenvalue weighted by Gasteiger charge is -2.29. The van der Waals surface area contributed by atoms with Crippen molar-refractivity contribution in [1.29, 1.82) is 0 Å². The molecule has 158 valence electrons. The van der Waals surface area contributed by atoms with E-state index in [1.54, 1.807) is 30.7 Å². The van der Waals surface area contributed by atoms with Gasteiger partial charge < -0.3 is 9.88 Å². The van der Waals surface area contributed by atoms with Crippen molar-refractivity contribution in [3.8, 4) is 0 Å². The van der Waals surface area contributed by atoms with E-state index in [1.807, 2.05) is 24.6 Å². The number of thiocarbonyl (C=S) groups is 1. The van der Waals surface area contributed by atoms with Crippen molar-refractivity contribution >= 4 is 46.2 Å². The fourth-order valence-corrected chi connectivity index (χ4v) is 4.47. The lowest BCUT2D eigenvalue weighted by molar-refractivity contribution is -0.134. The Balaban J connectivity index is 1.66. The summed E-state index contributed by atoms with van der Waals surface area (Å²) >= 11 is 6.57. The van der Waals surface area contributed by atoms with Crippen LogP contribution in [0.3, 0.4) is 0 Å². The van der Waals surface area contributed by atoms with Gasteiger partial charge >= 0.3 is 0 Å². The number of aryl methyl sites for hydroxylation is 1. The van der Waals surface area contributed by atoms with Gasteiger partial charge in [0.25, 0.3) is 5.91 Å². The summed E-state index contributed by atoms with van der Waals surface area (Å²) in [6.07, 6.45) is 7.72. The summed E-state index contributed by atoms with van der Waals surface area (Å²) < 4.78 is 15.4. The lowest BCUT2D eigenvalue weighted by Crippen LogP contribution is -2.51. The molecule has 1 aliphatic rings. The predicted molar refractivity (Wildman–Crippen MR) is 120 cm³/mol. The Labute approximate surface area is 184 Å². The molecule has 1 aromatic heterocycles. The molecule has 3 rings (SSSR count). The lowest BCUT2D eigenvalue weighted by atomic mass is 10.0. The maximum Gasteiger partial charge on any atom is 0.266 e. The molecule has 1 aromatic carbocycles. The Morgan fingerprint density at radius 2 is 2.07 bits per heavy atom. The summed E-state index contributed by atoms with van der Waals surface area (Å²) in [4.78, 5) is 31.7. The van der Waals surface area contributed by atoms with Crippen molar-refractivity contribution in [3.63, 3.8) is 0 Å². The van der Waals surface area contributed by atoms with Gasteiger partial charge in [0.15, 0.2) is 0 Å². The van der Waals surface area contributed by atoms with E-state index in [0.29, 0.717) is 21.3 Å². The quantitative estimate of drug-likeness (QED) is 0.382. The van der Waals surface area contributed by atoms with Crippen molar-refractivity contribution in [1.82, 2.24) is 19.8 Å². The molecule has 0 spiro atoms. The van der Waals surface area contributed by atoms with Crippen LogP contribution in [0.25, 0.3) is 6.08 Å². The molecule has 1 N–H and O–H groups in total. The van der Waals surface area contributed by atoms with E-state index in [4.69, 9.17) is 12.2 Å². The third kappa shape index (κ3) is 5.34. The number of benzene rings is 1. The molecule has 2 aromatic rings. The fourth-order valence-electron chi connectivity index (χ4n) is 3.14. The zero-order valence-electron chi connectivity index (χ0n) is 16.7. The third-order valence-electron chi connectivity index (χ3n) is 4.62. The number of nitrogens with zero attached hydrogens (tertiary/aromatic N) is 3. The van der Waals surface area contributed by atoms with Crippen molar-refractivity contribution in [2.75, 3.05) is 6.54 Å². The second-order valence-corrected chi connectivity index (χ2v) is 8.91. The average Bonchev–Trinajstić information content (AvgIpc) is 3.31. The number of carbonyl (C=O) groups is 2. The van der Waals surface area contributed by atoms with Gasteiger partial charge in [0, 0.05) is 25.5 Å². The molecule has 9 heteroatoms. The highest BCUT2D eigenvalue weighted by atomic mass is 32.2. The summed E-state index contributed by atoms with van der Waals surface area (Å²) in [6, 6.07) is 5.16. The van der Waals surface area contributed by atoms with Crippen LogP contribution in [0.15, 0.2) is 47.9 Å². The maximum atomic E-state index is 13.1. The molecule has 2 amide bonds. The topological polar surface area (TPSA) is 67.2 Å². The van der Waals surface area contributed by atoms with Gasteiger partial charge in [0.1, 0.15) is 16.2 Å². The van der Waals surface area contributed by atoms with Gasteiger partial charge in [0.05, 0.1) is 11.2 Å². The molecule has 1 fully saturated rings. The van der Waals surface area contributed by atoms with Crippen LogP contribution < -0.4 is 5.32 Å². The molecule has 1 unspecified atom stereocenters. The van der Waals surface area contributed by atoms with Crippen molar-refractivity contribution in [2.24, 2.45) is 5.92 Å². The Hall–Kier alpha value is -2.52. The first-order valence-electron chi connectivity index (χ1n) is 9.63. The number of thioether (sulfide) groups is 1. The Morgan fingerprint density at radius 3 is 2.70 bits per heavy atom. The fraction of sp³-hybridized carbons (Fsp3) is 0.333. The second kappa shape index (κ2) is 9.99. The molecule has 0 saturated carbocycles. The predicted octanol–water partition coefficient (Wildman–Crippen LogP) is 3.45. The molecular formula is C21H23FN4O2S2. The molecule has 2 heterocycles. The molecule has 0 aliphatic carbocycles. The van der Waals surface area contributed by atoms with Crippen molar-refractivity contribution in [2.45, 2.75) is 32.9 Å². The molecule has 0 radical (unpaired) electrons. The molecule has 1 saturated heterocycles. The Morgan fingerprint density at radius 1 is 1.33 bits per heavy atom. The maximum absolute atomic E-state index is 13.1. The molecule has 30 heavy (non-hydrogen) atoms. The number of aromatic nitrogens is 2. The molecule has 1 aliphatic heterocycles. The number of halogens is 1. The van der Waals surface area contributed by atoms with Crippen molar-refractivity contribution in [3.05, 3.63) is 59.3 Å². The van der Waals surface area contributed by atoms with Gasteiger partial charge in [-0.15, -0.1) is 0 Å². The van der Waals surface area contributed by atoms with Gasteiger partial charge in [-0.1, -0.05) is 50.0 Å². The van der Waals surface area contributed by atoms with Crippen LogP contribution in [-0.4, -0.2) is 43.2 Å². The van der Waals surface area contributed by atoms with Crippen molar-refractivity contribution < 1.29 is 14.0 Å². The standard InChI is InChI=1S/C21H23FN4O2S2/c1-14(2)18(19(27)24-8-3-10-25-11-9-23-13-25)26-20(28)17(30-21(26)29)12-15-4-6-16(22)7-5-15/h4-7,9,11-14,18H,3,8,10H2,1-2H3,(H,24,27). The van der Waals surface area contributed by atoms with E-state index in [2.05, 4.69) is 10.3 Å². The van der Waals surface area contributed by atoms with Crippen LogP contribution in [0.4, 0.5) is 4.39 Å². The highest BCUT2D eigenvalue weighted by Crippen LogP contribution is 2.35. The number of nitrogens with one attached hydrogen (secondary N) is 1. The van der Waals surface area contributed by atoms with Gasteiger partial charge in [0.2, 0.25) is 5.91 Å². The largest absolute Gasteiger partial charge is 0.354 e. The summed E-state index contributed by atoms with van der Waals surface area (Å²) in [5.74, 6) is -0.993. The van der Waals surface area contributed by atoms with Gasteiger partial charge in [-0.3, -0.25) is 14.5 Å². The number of carbonyl (C=O) groups excluding carboxylic acids is 2. The third-order valence-corrected chi connectivity index (χ3v) is 5.95. The normalized spacial score (nSPS) is 16.5. The van der Waals surface area contributed by atoms with Gasteiger partial charge in [-0.05, 0) is 36.1 Å². The monoisotopic (exact) mass is 446 g/mol. The number of hydrogen-bond donors (Lipinski definition) is 1. The summed E-state index contributed by atoms with van der Waals surface area (Å²) in [5.41, 5.74) is 0.696. The second-order valence-electron chi connectivity index (χ2n) is 7.24. The minimum atomic E-state index is -0.690. The number of rotatable bonds is 8. The van der Waals surface area contributed by atoms with Crippen LogP contribution in [0.2, 0.25) is 0 Å². The van der Waals surface area contributed by atoms with E-state index in [-0.39, 0.29) is 23.5 Å². The van der Waals surface area contributed by atoms with Gasteiger partial charge in [-0.25, -0.2) is 9.37 Å². The highest BCUT2D eigenvalue weighted by molar-refractivity contribution is 8.26. The van der Waals surface area contributed by atoms with E-state index >= 15 is 0 Å². The molecule has 6 nitrogen and oxygen atoms in total. The van der Waals surface area contributed by atoms with E-state index in [1.165, 1.54) is 17.0 Å². The van der Waals surface area contributed by atoms with Gasteiger partial charge in [-0.2, -0.15) is 0 Å². The average molecular weight is 447 g/mol. The Kier molecular flexibility index (Phi) is 7.38. The zero-order chi connectivity index (χ0) is 21.7. The van der Waals surface area contributed by atoms with Crippen LogP contribution in [0.1, 0.15) is 25.8 Å². The SMILES string of the molecule is CC(C)C(C(=O)NCCCn1ccnc1)N1C(=O)C(=Cc2ccc(F)cc2)SC1=S. The Bertz CT molecular complexity index is 942. The van der Waals surface area contributed by atoms with E-state index < -0.39 is 6.04 Å². The molecular weight excluding hydrogens is 423 g/mol. The van der Waals surface area contributed by atoms with E-state index in [9.17, 15) is 14.0 Å². The van der Waals surface area contributed by atoms with Crippen LogP contribution >= 0.6 is 24.0 Å². The minimum Gasteiger partial charge on any atom is -0.354 e. The van der Waals surface area contributed by atoms with Crippen LogP contribution in [0.5, 0.6) is 0 Å². The first kappa shape index (κ1) is 22.2. The number of amides is 2. The minimum absolute atomic E-state index is 0.119. The molecule has 1 atom stereocenters.